The summed E-state index contributed by atoms with van der Waals surface area (Å²) >= 11 is 1.46. The number of aromatic hydroxyl groups is 1. The van der Waals surface area contributed by atoms with Gasteiger partial charge in [-0.2, -0.15) is 0 Å². The van der Waals surface area contributed by atoms with Gasteiger partial charge in [0.15, 0.2) is 0 Å². The van der Waals surface area contributed by atoms with Crippen molar-refractivity contribution in [3.63, 3.8) is 0 Å². The molecule has 0 aliphatic heterocycles. The molecule has 0 unspecified atom stereocenters. The minimum absolute atomic E-state index is 0.397. The van der Waals surface area contributed by atoms with Gasteiger partial charge in [-0.05, 0) is 0 Å². The quantitative estimate of drug-likeness (QED) is 0.654. The van der Waals surface area contributed by atoms with E-state index in [1.54, 1.807) is 6.07 Å². The van der Waals surface area contributed by atoms with E-state index < -0.39 is 0 Å². The van der Waals surface area contributed by atoms with Crippen LogP contribution in [0.3, 0.4) is 0 Å². The second-order valence-corrected chi connectivity index (χ2v) is 3.93. The molecule has 0 aliphatic carbocycles. The Morgan fingerprint density at radius 3 is 2.58 bits per heavy atom. The third-order valence-electron chi connectivity index (χ3n) is 1.95. The first kappa shape index (κ1) is 7.77. The van der Waals surface area contributed by atoms with Crippen molar-refractivity contribution < 1.29 is 5.11 Å². The van der Waals surface area contributed by atoms with Gasteiger partial charge in [0.05, 0.1) is 0 Å². The number of rotatable bonds is 0. The van der Waals surface area contributed by atoms with Crippen molar-refractivity contribution in [2.24, 2.45) is 0 Å². The Balaban J connectivity index is 2.91. The van der Waals surface area contributed by atoms with Crippen LogP contribution in [0, 0.1) is 0 Å². The van der Waals surface area contributed by atoms with Crippen LogP contribution in [-0.4, -0.2) is 23.7 Å². The van der Waals surface area contributed by atoms with Crippen LogP contribution >= 0.6 is 0 Å². The monoisotopic (exact) mass is 212 g/mol. The van der Waals surface area contributed by atoms with Gasteiger partial charge in [0.25, 0.3) is 0 Å². The van der Waals surface area contributed by atoms with E-state index in [4.69, 9.17) is 0 Å². The summed E-state index contributed by atoms with van der Waals surface area (Å²) in [5, 5.41) is 11.8. The predicted octanol–water partition coefficient (Wildman–Crippen LogP) is 1.34. The van der Waals surface area contributed by atoms with Crippen molar-refractivity contribution in [3.05, 3.63) is 36.4 Å². The molecule has 0 amide bonds. The maximum absolute atomic E-state index is 9.43. The third kappa shape index (κ3) is 1.13. The molecule has 1 nitrogen and oxygen atoms in total. The summed E-state index contributed by atoms with van der Waals surface area (Å²) < 4.78 is 1.01. The molecule has 0 saturated heterocycles. The molecule has 2 radical (unpaired) electrons. The summed E-state index contributed by atoms with van der Waals surface area (Å²) in [4.78, 5) is 0. The number of benzene rings is 2. The standard InChI is InChI=1S/C10H7O.Ga/c11-10-6-5-8-3-1-2-4-9(8)7-10;/h1-6,11H;. The summed E-state index contributed by atoms with van der Waals surface area (Å²) in [5.41, 5.74) is 0. The van der Waals surface area contributed by atoms with Crippen LogP contribution in [0.15, 0.2) is 36.4 Å². The molecule has 2 rings (SSSR count). The zero-order valence-electron chi connectivity index (χ0n) is 6.49. The fourth-order valence-electron chi connectivity index (χ4n) is 1.28. The summed E-state index contributed by atoms with van der Waals surface area (Å²) in [6, 6.07) is 11.8. The molecule has 0 fully saturated rings. The summed E-state index contributed by atoms with van der Waals surface area (Å²) in [6.07, 6.45) is 0. The van der Waals surface area contributed by atoms with Gasteiger partial charge in [-0.15, -0.1) is 0 Å². The van der Waals surface area contributed by atoms with E-state index >= 15 is 0 Å². The van der Waals surface area contributed by atoms with Gasteiger partial charge in [0, 0.05) is 0 Å². The average Bonchev–Trinajstić information content (AvgIpc) is 2.12. The van der Waals surface area contributed by atoms with E-state index in [2.05, 4.69) is 6.07 Å². The predicted molar refractivity (Wildman–Crippen MR) is 51.0 cm³/mol. The Hall–Kier alpha value is -0.864. The Bertz CT molecular complexity index is 423. The van der Waals surface area contributed by atoms with E-state index in [0.29, 0.717) is 5.75 Å². The zero-order valence-corrected chi connectivity index (χ0v) is 8.91. The summed E-state index contributed by atoms with van der Waals surface area (Å²) in [6.45, 7) is 0. The molecular weight excluding hydrogens is 206 g/mol. The van der Waals surface area contributed by atoms with E-state index in [1.807, 2.05) is 24.3 Å². The summed E-state index contributed by atoms with van der Waals surface area (Å²) in [5.74, 6) is 0.397. The molecule has 2 heteroatoms. The molecule has 1 N–H and O–H groups in total. The van der Waals surface area contributed by atoms with Crippen LogP contribution in [-0.2, 0) is 0 Å². The average molecular weight is 213 g/mol. The second-order valence-electron chi connectivity index (χ2n) is 2.72. The topological polar surface area (TPSA) is 20.2 Å². The van der Waals surface area contributed by atoms with Crippen LogP contribution in [0.2, 0.25) is 0 Å². The van der Waals surface area contributed by atoms with Crippen LogP contribution in [0.1, 0.15) is 0 Å². The third-order valence-corrected chi connectivity index (χ3v) is 3.22. The first-order chi connectivity index (χ1) is 5.79. The maximum atomic E-state index is 9.43. The molecule has 0 saturated carbocycles. The minimum atomic E-state index is 0.397. The summed E-state index contributed by atoms with van der Waals surface area (Å²) in [7, 11) is 0. The van der Waals surface area contributed by atoms with Crippen molar-refractivity contribution in [2.75, 3.05) is 0 Å². The number of phenols is 1. The molecule has 2 aromatic carbocycles. The van der Waals surface area contributed by atoms with Crippen LogP contribution < -0.4 is 4.12 Å². The van der Waals surface area contributed by atoms with Gasteiger partial charge in [0.2, 0.25) is 0 Å². The van der Waals surface area contributed by atoms with Gasteiger partial charge < -0.3 is 0 Å². The fourth-order valence-corrected chi connectivity index (χ4v) is 2.04. The molecule has 2 aromatic rings. The van der Waals surface area contributed by atoms with Gasteiger partial charge in [-0.3, -0.25) is 0 Å². The SMILES string of the molecule is Oc1ccc2ccccc2[c]1[Ga]. The first-order valence-corrected chi connectivity index (χ1v) is 4.96. The number of phenolic OH excluding ortho intramolecular Hbond substituents is 1. The molecule has 0 heterocycles. The van der Waals surface area contributed by atoms with E-state index in [1.165, 1.54) is 24.0 Å². The van der Waals surface area contributed by atoms with Gasteiger partial charge in [-0.25, -0.2) is 0 Å². The van der Waals surface area contributed by atoms with Gasteiger partial charge in [0.1, 0.15) is 0 Å². The molecular formula is C10H7GaO. The molecule has 0 aromatic heterocycles. The number of hydrogen-bond donors (Lipinski definition) is 1. The van der Waals surface area contributed by atoms with E-state index in [0.717, 1.165) is 9.50 Å². The van der Waals surface area contributed by atoms with Crippen molar-refractivity contribution in [1.29, 1.82) is 0 Å². The van der Waals surface area contributed by atoms with Crippen molar-refractivity contribution in [3.8, 4) is 5.75 Å². The Labute approximate surface area is 80.9 Å². The number of fused-ring (bicyclic) bond motifs is 1. The molecule has 12 heavy (non-hydrogen) atoms. The molecule has 0 atom stereocenters. The van der Waals surface area contributed by atoms with E-state index in [-0.39, 0.29) is 0 Å². The normalized spacial score (nSPS) is 10.3. The second kappa shape index (κ2) is 2.88. The van der Waals surface area contributed by atoms with Crippen molar-refractivity contribution in [1.82, 2.24) is 0 Å². The fraction of sp³-hybridized carbons (Fsp3) is 0. The first-order valence-electron chi connectivity index (χ1n) is 3.75. The van der Waals surface area contributed by atoms with E-state index in [9.17, 15) is 5.11 Å². The van der Waals surface area contributed by atoms with Gasteiger partial charge in [-0.1, -0.05) is 0 Å². The zero-order chi connectivity index (χ0) is 8.55. The van der Waals surface area contributed by atoms with Crippen molar-refractivity contribution in [2.45, 2.75) is 0 Å². The molecule has 0 spiro atoms. The van der Waals surface area contributed by atoms with Crippen LogP contribution in [0.4, 0.5) is 0 Å². The van der Waals surface area contributed by atoms with Crippen LogP contribution in [0.5, 0.6) is 5.75 Å². The Morgan fingerprint density at radius 2 is 1.75 bits per heavy atom. The molecule has 56 valence electrons. The number of hydrogen-bond acceptors (Lipinski definition) is 1. The molecule has 0 aliphatic rings. The van der Waals surface area contributed by atoms with Crippen LogP contribution in [0.25, 0.3) is 10.8 Å². The Morgan fingerprint density at radius 1 is 1.00 bits per heavy atom. The molecule has 0 bridgehead atoms. The van der Waals surface area contributed by atoms with Gasteiger partial charge >= 0.3 is 80.7 Å². The Kier molecular flexibility index (Phi) is 1.87. The van der Waals surface area contributed by atoms with Crippen molar-refractivity contribution >= 4 is 33.5 Å².